The van der Waals surface area contributed by atoms with E-state index in [9.17, 15) is 67.7 Å². The van der Waals surface area contributed by atoms with Crippen LogP contribution < -0.4 is 54.0 Å². The van der Waals surface area contributed by atoms with Gasteiger partial charge in [-0.1, -0.05) is 54.0 Å². The van der Waals surface area contributed by atoms with Crippen LogP contribution in [0.4, 0.5) is 0 Å². The molecule has 1 aromatic carbocycles. The van der Waals surface area contributed by atoms with Gasteiger partial charge in [0.25, 0.3) is 0 Å². The molecule has 27 heteroatoms. The molecule has 0 bridgehead atoms. The third kappa shape index (κ3) is 20.8. The van der Waals surface area contributed by atoms with E-state index >= 15 is 0 Å². The number of carboxylic acid groups (broad SMARTS) is 1. The van der Waals surface area contributed by atoms with Gasteiger partial charge in [0.1, 0.15) is 48.0 Å². The molecule has 1 aromatic rings. The topological polar surface area (TPSA) is 397 Å². The monoisotopic (exact) mass is 1060 g/mol. The highest BCUT2D eigenvalue weighted by molar-refractivity contribution is 8.77. The normalized spacial score (nSPS) is 23.1. The summed E-state index contributed by atoms with van der Waals surface area (Å²) in [5, 5.41) is 39.9. The number of rotatable bonds is 21. The van der Waals surface area contributed by atoms with Gasteiger partial charge in [-0.15, -0.1) is 0 Å². The lowest BCUT2D eigenvalue weighted by molar-refractivity contribution is -0.142. The third-order valence-electron chi connectivity index (χ3n) is 11.9. The van der Waals surface area contributed by atoms with E-state index in [1.165, 1.54) is 17.0 Å². The van der Waals surface area contributed by atoms with Gasteiger partial charge in [0, 0.05) is 42.9 Å². The Morgan fingerprint density at radius 2 is 1.55 bits per heavy atom. The summed E-state index contributed by atoms with van der Waals surface area (Å²) in [4.78, 5) is 160. The predicted molar refractivity (Wildman–Crippen MR) is 267 cm³/mol. The Morgan fingerprint density at radius 3 is 2.18 bits per heavy atom. The number of unbranched alkanes of at least 4 members (excludes halogenated alkanes) is 1. The van der Waals surface area contributed by atoms with Crippen molar-refractivity contribution >= 4 is 93.0 Å². The molecule has 2 fully saturated rings. The standard InChI is InChI=1S/C46H69N11O14S2/c1-5-25(2)38-44(70)53-29(15-16-37(63)64)40(66)54-31(20-34(47)60)41(67)55-32(23-72-73-46(3,4)21-36(62)51-30(42(68)56-38)19-26-11-13-27(59)14-12-26)45(71)57-18-8-10-33(57)43(69)52-28(9-6-7-17-49-24-58)39(65)50-22-35(48)61/h11-14,24-25,28-33,38,59H,5-10,15-23H2,1-4H3,(H2,47,60)(H2,48,61)(H,49,58)(H,50,65)(H,51,62)(H,52,69)(H,53,70)(H,54,66)(H,55,67)(H,56,68)(H,63,64)/t25-,28-,29?,30-,31-,32-,33-,38-/m0/s1. The van der Waals surface area contributed by atoms with E-state index in [0.717, 1.165) is 21.6 Å². The van der Waals surface area contributed by atoms with Crippen molar-refractivity contribution in [3.05, 3.63) is 29.8 Å². The molecule has 2 saturated heterocycles. The van der Waals surface area contributed by atoms with Gasteiger partial charge in [0.2, 0.25) is 65.5 Å². The Hall–Kier alpha value is -6.64. The van der Waals surface area contributed by atoms with Crippen LogP contribution in [0, 0.1) is 5.92 Å². The summed E-state index contributed by atoms with van der Waals surface area (Å²) >= 11 is 0. The van der Waals surface area contributed by atoms with Crippen LogP contribution in [0.1, 0.15) is 97.5 Å². The van der Waals surface area contributed by atoms with Crippen LogP contribution in [0.15, 0.2) is 24.3 Å². The molecule has 2 aliphatic heterocycles. The number of phenolic OH excluding ortho intramolecular Hbond substituents is 1. The van der Waals surface area contributed by atoms with Gasteiger partial charge < -0.3 is 69.1 Å². The van der Waals surface area contributed by atoms with Crippen LogP contribution in [0.2, 0.25) is 0 Å². The maximum Gasteiger partial charge on any atom is 0.303 e. The first kappa shape index (κ1) is 60.7. The number of likely N-dealkylation sites (tertiary alicyclic amines) is 1. The number of benzene rings is 1. The summed E-state index contributed by atoms with van der Waals surface area (Å²) < 4.78 is -0.928. The SMILES string of the molecule is CC[C@H](C)[C@@H]1NC(=O)[C@H](Cc2ccc(O)cc2)NC(=O)CC(C)(C)SSC[C@@H](C(=O)N2CCC[C@H]2C(=O)N[C@@H](CCCCNC=O)C(=O)NCC(N)=O)NC(=O)[C@H](CC(N)=O)NC(=O)C(CCC(=O)O)NC1=O. The molecule has 0 saturated carbocycles. The van der Waals surface area contributed by atoms with E-state index in [-0.39, 0.29) is 50.3 Å². The molecule has 1 unspecified atom stereocenters. The minimum absolute atomic E-state index is 0.0194. The molecular formula is C46H69N11O14S2. The van der Waals surface area contributed by atoms with Gasteiger partial charge in [-0.3, -0.25) is 57.5 Å². The molecule has 2 heterocycles. The summed E-state index contributed by atoms with van der Waals surface area (Å²) in [6.45, 7) is 6.61. The second kappa shape index (κ2) is 29.8. The number of carboxylic acids is 1. The number of primary amides is 2. The smallest absolute Gasteiger partial charge is 0.303 e. The van der Waals surface area contributed by atoms with Crippen molar-refractivity contribution < 1.29 is 67.7 Å². The number of phenols is 1. The average Bonchev–Trinajstić information content (AvgIpc) is 3.82. The number of hydrogen-bond acceptors (Lipinski definition) is 15. The molecular weight excluding hydrogens is 995 g/mol. The lowest BCUT2D eigenvalue weighted by Gasteiger charge is -2.32. The van der Waals surface area contributed by atoms with E-state index in [1.807, 2.05) is 0 Å². The number of aromatic hydroxyl groups is 1. The van der Waals surface area contributed by atoms with E-state index in [4.69, 9.17) is 11.5 Å². The second-order valence-corrected chi connectivity index (χ2v) is 21.5. The first-order chi connectivity index (χ1) is 34.4. The quantitative estimate of drug-likeness (QED) is 0.0350. The molecule has 0 radical (unpaired) electrons. The van der Waals surface area contributed by atoms with Crippen molar-refractivity contribution in [2.45, 2.75) is 145 Å². The summed E-state index contributed by atoms with van der Waals surface area (Å²) in [5.74, 6) is -10.8. The van der Waals surface area contributed by atoms with E-state index in [1.54, 1.807) is 39.8 Å². The average molecular weight is 1060 g/mol. The van der Waals surface area contributed by atoms with Gasteiger partial charge in [-0.2, -0.15) is 0 Å². The summed E-state index contributed by atoms with van der Waals surface area (Å²) in [6, 6.07) is -4.02. The third-order valence-corrected chi connectivity index (χ3v) is 15.2. The summed E-state index contributed by atoms with van der Waals surface area (Å²) in [6.07, 6.45) is -0.120. The first-order valence-corrected chi connectivity index (χ1v) is 26.2. The zero-order valence-electron chi connectivity index (χ0n) is 41.3. The minimum atomic E-state index is -1.79. The van der Waals surface area contributed by atoms with Crippen molar-refractivity contribution in [1.29, 1.82) is 0 Å². The van der Waals surface area contributed by atoms with Crippen molar-refractivity contribution in [3.63, 3.8) is 0 Å². The molecule has 11 amide bonds. The van der Waals surface area contributed by atoms with Gasteiger partial charge in [0.15, 0.2) is 0 Å². The molecule has 8 atom stereocenters. The number of carbonyl (C=O) groups excluding carboxylic acids is 11. The highest BCUT2D eigenvalue weighted by Crippen LogP contribution is 2.39. The molecule has 73 heavy (non-hydrogen) atoms. The lowest BCUT2D eigenvalue weighted by atomic mass is 9.96. The molecule has 3 rings (SSSR count). The van der Waals surface area contributed by atoms with Crippen LogP contribution in [0.5, 0.6) is 5.75 Å². The molecule has 2 aliphatic rings. The molecule has 0 aromatic heterocycles. The molecule has 0 spiro atoms. The second-order valence-electron chi connectivity index (χ2n) is 18.5. The lowest BCUT2D eigenvalue weighted by Crippen LogP contribution is -2.61. The fourth-order valence-electron chi connectivity index (χ4n) is 7.86. The summed E-state index contributed by atoms with van der Waals surface area (Å²) in [7, 11) is 2.21. The molecule has 0 aliphatic carbocycles. The van der Waals surface area contributed by atoms with Gasteiger partial charge in [0.05, 0.1) is 13.0 Å². The highest BCUT2D eigenvalue weighted by atomic mass is 33.1. The number of nitrogens with two attached hydrogens (primary N) is 2. The molecule has 14 N–H and O–H groups in total. The summed E-state index contributed by atoms with van der Waals surface area (Å²) in [5.41, 5.74) is 11.3. The van der Waals surface area contributed by atoms with Crippen molar-refractivity contribution in [3.8, 4) is 5.75 Å². The number of nitrogens with zero attached hydrogens (tertiary/aromatic N) is 1. The maximum absolute atomic E-state index is 14.7. The fourth-order valence-corrected chi connectivity index (χ4v) is 10.5. The number of hydrogen-bond donors (Lipinski definition) is 12. The fraction of sp³-hybridized carbons (Fsp3) is 0.609. The largest absolute Gasteiger partial charge is 0.508 e. The van der Waals surface area contributed by atoms with Crippen LogP contribution >= 0.6 is 21.6 Å². The van der Waals surface area contributed by atoms with Gasteiger partial charge >= 0.3 is 5.97 Å². The van der Waals surface area contributed by atoms with Gasteiger partial charge in [-0.25, -0.2) is 0 Å². The Labute approximate surface area is 430 Å². The van der Waals surface area contributed by atoms with Crippen molar-refractivity contribution in [1.82, 2.24) is 47.4 Å². The number of aliphatic carboxylic acids is 1. The number of nitrogens with one attached hydrogen (secondary N) is 8. The van der Waals surface area contributed by atoms with Crippen LogP contribution in [-0.4, -0.2) is 159 Å². The van der Waals surface area contributed by atoms with E-state index in [2.05, 4.69) is 42.5 Å². The van der Waals surface area contributed by atoms with E-state index in [0.29, 0.717) is 37.7 Å². The van der Waals surface area contributed by atoms with Crippen LogP contribution in [0.25, 0.3) is 0 Å². The Bertz CT molecular complexity index is 2170. The highest BCUT2D eigenvalue weighted by Gasteiger charge is 2.41. The van der Waals surface area contributed by atoms with Crippen LogP contribution in [0.3, 0.4) is 0 Å². The van der Waals surface area contributed by atoms with Gasteiger partial charge in [-0.05, 0) is 76.0 Å². The zero-order chi connectivity index (χ0) is 54.4. The molecule has 25 nitrogen and oxygen atoms in total. The number of amides is 11. The van der Waals surface area contributed by atoms with Crippen LogP contribution in [-0.2, 0) is 64.0 Å². The Kier molecular flexibility index (Phi) is 24.7. The molecule has 404 valence electrons. The van der Waals surface area contributed by atoms with E-state index < -0.39 is 144 Å². The Morgan fingerprint density at radius 1 is 0.890 bits per heavy atom. The first-order valence-electron chi connectivity index (χ1n) is 23.9. The predicted octanol–water partition coefficient (Wildman–Crippen LogP) is -2.30. The van der Waals surface area contributed by atoms with Crippen molar-refractivity contribution in [2.75, 3.05) is 25.4 Å². The minimum Gasteiger partial charge on any atom is -0.508 e. The van der Waals surface area contributed by atoms with Crippen molar-refractivity contribution in [2.24, 2.45) is 17.4 Å². The maximum atomic E-state index is 14.7. The number of carbonyl (C=O) groups is 12. The zero-order valence-corrected chi connectivity index (χ0v) is 43.0. The Balaban J connectivity index is 2.07.